The molecular formula is C44H42N8O8S2. The largest absolute Gasteiger partial charge is 0.322 e. The number of nitrogens with one attached hydrogen (secondary N) is 2. The van der Waals surface area contributed by atoms with Crippen LogP contribution in [0.2, 0.25) is 0 Å². The van der Waals surface area contributed by atoms with E-state index >= 15 is 0 Å². The van der Waals surface area contributed by atoms with Gasteiger partial charge in [0.25, 0.3) is 43.0 Å². The summed E-state index contributed by atoms with van der Waals surface area (Å²) in [6, 6.07) is 34.6. The van der Waals surface area contributed by atoms with Crippen LogP contribution in [0.15, 0.2) is 153 Å². The average molecular weight is 875 g/mol. The molecule has 2 heterocycles. The molecule has 0 saturated carbocycles. The van der Waals surface area contributed by atoms with E-state index in [-0.39, 0.29) is 32.3 Å². The van der Waals surface area contributed by atoms with E-state index in [1.165, 1.54) is 96.3 Å². The average Bonchev–Trinajstić information content (AvgIpc) is 3.64. The molecule has 0 aliphatic heterocycles. The molecule has 0 bridgehead atoms. The standard InChI is InChI=1S/C44H42N8O8S2/c1-29-39(43(55)51(47(29)3)35-17-9-7-10-18-35)49(5)61(57,58)37-21-13-15-31(27-37)41(53)45-33-23-25-34(26-24-33)46-42(54)32-16-14-22-38(28-32)62(59,60)50(6)40-30(2)48(4)52(44(40)56)36-19-11-8-12-20-36/h7-28H,1-6H3,(H,45,53)(H,46,54). The van der Waals surface area contributed by atoms with Gasteiger partial charge in [0.05, 0.1) is 32.6 Å². The highest BCUT2D eigenvalue weighted by Crippen LogP contribution is 2.27. The van der Waals surface area contributed by atoms with Gasteiger partial charge < -0.3 is 10.6 Å². The number of anilines is 4. The van der Waals surface area contributed by atoms with Gasteiger partial charge >= 0.3 is 0 Å². The lowest BCUT2D eigenvalue weighted by Gasteiger charge is -2.18. The lowest BCUT2D eigenvalue weighted by Crippen LogP contribution is -2.32. The van der Waals surface area contributed by atoms with Gasteiger partial charge in [-0.15, -0.1) is 0 Å². The Morgan fingerprint density at radius 2 is 0.839 bits per heavy atom. The molecular weight excluding hydrogens is 833 g/mol. The second kappa shape index (κ2) is 16.5. The SMILES string of the molecule is Cc1c(N(C)S(=O)(=O)c2cccc(C(=O)Nc3ccc(NC(=O)c4cccc(S(=O)(=O)N(C)c5c(C)n(C)n(-c6ccccc6)c5=O)c4)cc3)c2)c(=O)n(-c2ccccc2)n1C. The van der Waals surface area contributed by atoms with Crippen LogP contribution < -0.4 is 30.4 Å². The van der Waals surface area contributed by atoms with E-state index in [1.807, 2.05) is 12.1 Å². The molecule has 0 aliphatic carbocycles. The van der Waals surface area contributed by atoms with Gasteiger partial charge in [0.15, 0.2) is 0 Å². The lowest BCUT2D eigenvalue weighted by atomic mass is 10.2. The number of benzene rings is 5. The fourth-order valence-electron chi connectivity index (χ4n) is 7.03. The van der Waals surface area contributed by atoms with Crippen molar-refractivity contribution in [3.63, 3.8) is 0 Å². The van der Waals surface area contributed by atoms with Crippen molar-refractivity contribution in [1.82, 2.24) is 18.7 Å². The van der Waals surface area contributed by atoms with E-state index in [0.717, 1.165) is 8.61 Å². The second-order valence-corrected chi connectivity index (χ2v) is 18.2. The van der Waals surface area contributed by atoms with Crippen molar-refractivity contribution in [2.45, 2.75) is 23.6 Å². The highest BCUT2D eigenvalue weighted by atomic mass is 32.2. The molecule has 0 fully saturated rings. The zero-order chi connectivity index (χ0) is 44.7. The minimum absolute atomic E-state index is 0.0353. The molecule has 7 rings (SSSR count). The number of carbonyl (C=O) groups is 2. The fraction of sp³-hybridized carbons (Fsp3) is 0.136. The first kappa shape index (κ1) is 42.7. The Hall–Kier alpha value is -7.44. The molecule has 62 heavy (non-hydrogen) atoms. The summed E-state index contributed by atoms with van der Waals surface area (Å²) in [5.41, 5.74) is 1.54. The van der Waals surface area contributed by atoms with Crippen molar-refractivity contribution in [2.24, 2.45) is 14.1 Å². The number of sulfonamides is 2. The molecule has 0 saturated heterocycles. The molecule has 0 atom stereocenters. The summed E-state index contributed by atoms with van der Waals surface area (Å²) in [5.74, 6) is -1.23. The first-order valence-corrected chi connectivity index (χ1v) is 21.9. The number of nitrogens with zero attached hydrogens (tertiary/aromatic N) is 6. The summed E-state index contributed by atoms with van der Waals surface area (Å²) in [6.07, 6.45) is 0. The van der Waals surface area contributed by atoms with Gasteiger partial charge in [-0.1, -0.05) is 48.5 Å². The monoisotopic (exact) mass is 874 g/mol. The van der Waals surface area contributed by atoms with Gasteiger partial charge in [0.1, 0.15) is 11.4 Å². The van der Waals surface area contributed by atoms with E-state index < -0.39 is 43.0 Å². The van der Waals surface area contributed by atoms with Crippen LogP contribution in [0.5, 0.6) is 0 Å². The van der Waals surface area contributed by atoms with Crippen LogP contribution >= 0.6 is 0 Å². The number of hydrogen-bond donors (Lipinski definition) is 2. The minimum Gasteiger partial charge on any atom is -0.322 e. The topological polar surface area (TPSA) is 187 Å². The first-order valence-electron chi connectivity index (χ1n) is 19.0. The van der Waals surface area contributed by atoms with Crippen molar-refractivity contribution in [3.8, 4) is 11.4 Å². The van der Waals surface area contributed by atoms with E-state index in [0.29, 0.717) is 34.1 Å². The molecule has 318 valence electrons. The molecule has 5 aromatic carbocycles. The number of aromatic nitrogens is 4. The third kappa shape index (κ3) is 7.72. The van der Waals surface area contributed by atoms with Gasteiger partial charge in [-0.3, -0.25) is 37.2 Å². The Labute approximate surface area is 357 Å². The smallest absolute Gasteiger partial charge is 0.296 e. The number of hydrogen-bond acceptors (Lipinski definition) is 8. The Balaban J connectivity index is 1.03. The maximum absolute atomic E-state index is 13.9. The summed E-state index contributed by atoms with van der Waals surface area (Å²) >= 11 is 0. The third-order valence-corrected chi connectivity index (χ3v) is 14.1. The van der Waals surface area contributed by atoms with Crippen LogP contribution in [0.4, 0.5) is 22.7 Å². The fourth-order valence-corrected chi connectivity index (χ4v) is 9.62. The quantitative estimate of drug-likeness (QED) is 0.163. The first-order chi connectivity index (χ1) is 29.4. The normalized spacial score (nSPS) is 11.6. The van der Waals surface area contributed by atoms with Crippen LogP contribution in [0, 0.1) is 13.8 Å². The molecule has 2 amide bonds. The van der Waals surface area contributed by atoms with Crippen molar-refractivity contribution in [2.75, 3.05) is 33.3 Å². The van der Waals surface area contributed by atoms with Gasteiger partial charge in [0, 0.05) is 50.7 Å². The van der Waals surface area contributed by atoms with Crippen molar-refractivity contribution >= 4 is 54.6 Å². The molecule has 18 heteroatoms. The van der Waals surface area contributed by atoms with Crippen LogP contribution in [0.1, 0.15) is 32.1 Å². The summed E-state index contributed by atoms with van der Waals surface area (Å²) in [5, 5.41) is 5.43. The van der Waals surface area contributed by atoms with Crippen LogP contribution in [0.25, 0.3) is 11.4 Å². The number of carbonyl (C=O) groups excluding carboxylic acids is 2. The summed E-state index contributed by atoms with van der Waals surface area (Å²) in [7, 11) is -2.70. The molecule has 16 nitrogen and oxygen atoms in total. The van der Waals surface area contributed by atoms with E-state index in [4.69, 9.17) is 0 Å². The zero-order valence-electron chi connectivity index (χ0n) is 34.5. The molecule has 0 aliphatic rings. The Morgan fingerprint density at radius 1 is 0.500 bits per heavy atom. The zero-order valence-corrected chi connectivity index (χ0v) is 36.1. The lowest BCUT2D eigenvalue weighted by molar-refractivity contribution is 0.101. The minimum atomic E-state index is -4.30. The molecule has 2 N–H and O–H groups in total. The second-order valence-electron chi connectivity index (χ2n) is 14.3. The summed E-state index contributed by atoms with van der Waals surface area (Å²) in [6.45, 7) is 3.29. The predicted octanol–water partition coefficient (Wildman–Crippen LogP) is 5.44. The number of rotatable bonds is 12. The van der Waals surface area contributed by atoms with Gasteiger partial charge in [-0.05, 0) is 98.8 Å². The molecule has 2 aromatic heterocycles. The summed E-state index contributed by atoms with van der Waals surface area (Å²) < 4.78 is 63.1. The molecule has 7 aromatic rings. The van der Waals surface area contributed by atoms with Gasteiger partial charge in [0.2, 0.25) is 0 Å². The molecule has 0 spiro atoms. The van der Waals surface area contributed by atoms with E-state index in [2.05, 4.69) is 10.6 Å². The number of amides is 2. The molecule has 0 unspecified atom stereocenters. The summed E-state index contributed by atoms with van der Waals surface area (Å²) in [4.78, 5) is 53.4. The van der Waals surface area contributed by atoms with Crippen LogP contribution in [-0.4, -0.2) is 61.5 Å². The number of para-hydroxylation sites is 2. The Bertz CT molecular complexity index is 2990. The maximum Gasteiger partial charge on any atom is 0.296 e. The maximum atomic E-state index is 13.9. The highest BCUT2D eigenvalue weighted by Gasteiger charge is 2.31. The van der Waals surface area contributed by atoms with Gasteiger partial charge in [-0.2, -0.15) is 0 Å². The predicted molar refractivity (Wildman–Crippen MR) is 238 cm³/mol. The van der Waals surface area contributed by atoms with Crippen molar-refractivity contribution in [1.29, 1.82) is 0 Å². The van der Waals surface area contributed by atoms with E-state index in [9.17, 15) is 36.0 Å². The Kier molecular flexibility index (Phi) is 11.4. The Morgan fingerprint density at radius 3 is 1.18 bits per heavy atom. The van der Waals surface area contributed by atoms with Crippen LogP contribution in [-0.2, 0) is 34.1 Å². The van der Waals surface area contributed by atoms with E-state index in [1.54, 1.807) is 85.8 Å². The van der Waals surface area contributed by atoms with Gasteiger partial charge in [-0.25, -0.2) is 26.2 Å². The third-order valence-electron chi connectivity index (χ3n) is 10.6. The highest BCUT2D eigenvalue weighted by molar-refractivity contribution is 7.93. The van der Waals surface area contributed by atoms with Crippen molar-refractivity contribution < 1.29 is 26.4 Å². The molecule has 0 radical (unpaired) electrons. The van der Waals surface area contributed by atoms with Crippen LogP contribution in [0.3, 0.4) is 0 Å². The van der Waals surface area contributed by atoms with Crippen molar-refractivity contribution in [3.05, 3.63) is 177 Å².